The number of esters is 1. The molecule has 1 aromatic rings. The molecule has 2 nitrogen and oxygen atoms in total. The zero-order valence-corrected chi connectivity index (χ0v) is 12.9. The number of ether oxygens (including phenoxy) is 1. The van der Waals surface area contributed by atoms with Gasteiger partial charge < -0.3 is 4.74 Å². The second-order valence-corrected chi connectivity index (χ2v) is 3.87. The van der Waals surface area contributed by atoms with Crippen LogP contribution >= 0.6 is 0 Å². The third-order valence-corrected chi connectivity index (χ3v) is 1.41. The zero-order chi connectivity index (χ0) is 9.90. The van der Waals surface area contributed by atoms with Crippen molar-refractivity contribution in [3.8, 4) is 0 Å². The van der Waals surface area contributed by atoms with Crippen LogP contribution in [0.3, 0.4) is 0 Å². The molecule has 1 aromatic carbocycles. The Morgan fingerprint density at radius 1 is 1.14 bits per heavy atom. The average molecular weight is 291 g/mol. The van der Waals surface area contributed by atoms with E-state index in [1.807, 2.05) is 39.0 Å². The summed E-state index contributed by atoms with van der Waals surface area (Å²) in [7, 11) is 0. The Hall–Kier alpha value is -0.388. The molecule has 0 aliphatic carbocycles. The summed E-state index contributed by atoms with van der Waals surface area (Å²) in [5.74, 6) is -0.270. The van der Waals surface area contributed by atoms with E-state index >= 15 is 0 Å². The Kier molecular flexibility index (Phi) is 5.33. The summed E-state index contributed by atoms with van der Waals surface area (Å²) in [5.41, 5.74) is 0.171. The van der Waals surface area contributed by atoms with E-state index in [4.69, 9.17) is 4.74 Å². The van der Waals surface area contributed by atoms with Gasteiger partial charge in [-0.25, -0.2) is 4.79 Å². The molecular weight excluding hydrogens is 277 g/mol. The van der Waals surface area contributed by atoms with Gasteiger partial charge in [0.05, 0.1) is 5.56 Å². The van der Waals surface area contributed by atoms with Gasteiger partial charge >= 0.3 is 5.97 Å². The smallest absolute Gasteiger partial charge is 0.338 e. The molecular formula is C11H14CdO2. The molecule has 0 aromatic heterocycles. The molecule has 0 fully saturated rings. The van der Waals surface area contributed by atoms with Gasteiger partial charge in [-0.2, -0.15) is 0 Å². The first-order valence-corrected chi connectivity index (χ1v) is 4.27. The van der Waals surface area contributed by atoms with Crippen LogP contribution in [0.5, 0.6) is 0 Å². The Balaban J connectivity index is 0.00000169. The maximum absolute atomic E-state index is 11.4. The third kappa shape index (κ3) is 4.74. The van der Waals surface area contributed by atoms with Crippen molar-refractivity contribution in [2.24, 2.45) is 0 Å². The van der Waals surface area contributed by atoms with E-state index in [2.05, 4.69) is 0 Å². The van der Waals surface area contributed by atoms with Crippen LogP contribution in [0.15, 0.2) is 30.3 Å². The zero-order valence-electron chi connectivity index (χ0n) is 8.91. The second-order valence-electron chi connectivity index (χ2n) is 3.87. The summed E-state index contributed by atoms with van der Waals surface area (Å²) in [5, 5.41) is 0. The van der Waals surface area contributed by atoms with Crippen LogP contribution in [0.2, 0.25) is 0 Å². The topological polar surface area (TPSA) is 26.3 Å². The van der Waals surface area contributed by atoms with Crippen LogP contribution < -0.4 is 0 Å². The SMILES string of the molecule is CC(C)(C)OC(=O)c1ccccc1.[Cd]. The van der Waals surface area contributed by atoms with Crippen LogP contribution in [-0.2, 0) is 32.0 Å². The summed E-state index contributed by atoms with van der Waals surface area (Å²) < 4.78 is 5.18. The van der Waals surface area contributed by atoms with E-state index < -0.39 is 5.60 Å². The molecule has 0 heterocycles. The average Bonchev–Trinajstić information content (AvgIpc) is 2.03. The van der Waals surface area contributed by atoms with Gasteiger partial charge in [0.25, 0.3) is 0 Å². The standard InChI is InChI=1S/C11H14O2.Cd/c1-11(2,3)13-10(12)9-7-5-4-6-8-9;/h4-8H,1-3H3;. The predicted octanol–water partition coefficient (Wildman–Crippen LogP) is 2.64. The Morgan fingerprint density at radius 3 is 2.07 bits per heavy atom. The van der Waals surface area contributed by atoms with Crippen molar-refractivity contribution in [2.75, 3.05) is 0 Å². The molecule has 0 atom stereocenters. The maximum atomic E-state index is 11.4. The molecule has 0 bridgehead atoms. The van der Waals surface area contributed by atoms with Crippen LogP contribution in [0.1, 0.15) is 31.1 Å². The van der Waals surface area contributed by atoms with E-state index in [9.17, 15) is 4.79 Å². The molecule has 0 N–H and O–H groups in total. The Bertz CT molecular complexity index is 288. The van der Waals surface area contributed by atoms with Gasteiger partial charge in [-0.15, -0.1) is 0 Å². The molecule has 0 unspecified atom stereocenters. The molecule has 72 valence electrons. The van der Waals surface area contributed by atoms with Crippen molar-refractivity contribution in [3.05, 3.63) is 35.9 Å². The molecule has 3 heteroatoms. The number of carbonyl (C=O) groups excluding carboxylic acids is 1. The number of carbonyl (C=O) groups is 1. The van der Waals surface area contributed by atoms with Gasteiger partial charge in [0.15, 0.2) is 0 Å². The van der Waals surface area contributed by atoms with Gasteiger partial charge in [-0.05, 0) is 32.9 Å². The Labute approximate surface area is 105 Å². The van der Waals surface area contributed by atoms with Crippen molar-refractivity contribution in [3.63, 3.8) is 0 Å². The van der Waals surface area contributed by atoms with Gasteiger partial charge in [0.1, 0.15) is 5.60 Å². The first-order valence-electron chi connectivity index (χ1n) is 4.27. The number of rotatable bonds is 1. The van der Waals surface area contributed by atoms with E-state index in [0.29, 0.717) is 5.56 Å². The molecule has 0 saturated carbocycles. The molecule has 0 spiro atoms. The molecule has 14 heavy (non-hydrogen) atoms. The fourth-order valence-corrected chi connectivity index (χ4v) is 0.911. The van der Waals surface area contributed by atoms with Crippen LogP contribution in [0.25, 0.3) is 0 Å². The van der Waals surface area contributed by atoms with Crippen LogP contribution in [0, 0.1) is 0 Å². The quantitative estimate of drug-likeness (QED) is 0.587. The first kappa shape index (κ1) is 13.6. The van der Waals surface area contributed by atoms with E-state index in [1.165, 1.54) is 0 Å². The van der Waals surface area contributed by atoms with Gasteiger partial charge in [0, 0.05) is 27.3 Å². The van der Waals surface area contributed by atoms with Crippen molar-refractivity contribution < 1.29 is 36.8 Å². The summed E-state index contributed by atoms with van der Waals surface area (Å²) >= 11 is 0. The van der Waals surface area contributed by atoms with Crippen LogP contribution in [0.4, 0.5) is 0 Å². The number of hydrogen-bond donors (Lipinski definition) is 0. The largest absolute Gasteiger partial charge is 0.456 e. The van der Waals surface area contributed by atoms with Gasteiger partial charge in [-0.1, -0.05) is 18.2 Å². The summed E-state index contributed by atoms with van der Waals surface area (Å²) in [6.45, 7) is 5.56. The fourth-order valence-electron chi connectivity index (χ4n) is 0.911. The summed E-state index contributed by atoms with van der Waals surface area (Å²) in [6.07, 6.45) is 0. The normalized spacial score (nSPS) is 10.2. The molecule has 0 aliphatic heterocycles. The Morgan fingerprint density at radius 2 is 1.64 bits per heavy atom. The maximum Gasteiger partial charge on any atom is 0.338 e. The summed E-state index contributed by atoms with van der Waals surface area (Å²) in [4.78, 5) is 11.4. The minimum absolute atomic E-state index is 0. The van der Waals surface area contributed by atoms with Gasteiger partial charge in [-0.3, -0.25) is 0 Å². The molecule has 0 radical (unpaired) electrons. The predicted molar refractivity (Wildman–Crippen MR) is 51.6 cm³/mol. The molecule has 0 aliphatic rings. The molecule has 0 amide bonds. The van der Waals surface area contributed by atoms with Crippen molar-refractivity contribution in [1.82, 2.24) is 0 Å². The third-order valence-electron chi connectivity index (χ3n) is 1.41. The van der Waals surface area contributed by atoms with E-state index in [1.54, 1.807) is 12.1 Å². The minimum Gasteiger partial charge on any atom is -0.456 e. The molecule has 1 rings (SSSR count). The van der Waals surface area contributed by atoms with Crippen molar-refractivity contribution in [1.29, 1.82) is 0 Å². The molecule has 0 saturated heterocycles. The van der Waals surface area contributed by atoms with Gasteiger partial charge in [0.2, 0.25) is 0 Å². The van der Waals surface area contributed by atoms with E-state index in [-0.39, 0.29) is 33.3 Å². The first-order chi connectivity index (χ1) is 5.99. The number of benzene rings is 1. The summed E-state index contributed by atoms with van der Waals surface area (Å²) in [6, 6.07) is 8.99. The minimum atomic E-state index is -0.424. The van der Waals surface area contributed by atoms with E-state index in [0.717, 1.165) is 0 Å². The van der Waals surface area contributed by atoms with Crippen molar-refractivity contribution in [2.45, 2.75) is 26.4 Å². The second kappa shape index (κ2) is 5.48. The van der Waals surface area contributed by atoms with Crippen LogP contribution in [-0.4, -0.2) is 11.6 Å². The number of hydrogen-bond acceptors (Lipinski definition) is 2. The van der Waals surface area contributed by atoms with Crippen molar-refractivity contribution >= 4 is 5.97 Å². The fraction of sp³-hybridized carbons (Fsp3) is 0.364. The monoisotopic (exact) mass is 292 g/mol.